The lowest BCUT2D eigenvalue weighted by Gasteiger charge is -2.08. The summed E-state index contributed by atoms with van der Waals surface area (Å²) in [6.07, 6.45) is 1.22. The average Bonchev–Trinajstić information content (AvgIpc) is 2.19. The first-order valence-corrected chi connectivity index (χ1v) is 7.71. The summed E-state index contributed by atoms with van der Waals surface area (Å²) in [5.74, 6) is 1.26. The molecule has 0 aliphatic heterocycles. The van der Waals surface area contributed by atoms with E-state index in [2.05, 4.69) is 0 Å². The minimum atomic E-state index is -2.92. The van der Waals surface area contributed by atoms with Crippen molar-refractivity contribution >= 4 is 27.3 Å². The molecular formula is C10H15NO3S2. The van der Waals surface area contributed by atoms with Crippen molar-refractivity contribution in [2.75, 3.05) is 30.6 Å². The topological polar surface area (TPSA) is 69.4 Å². The third kappa shape index (κ3) is 3.94. The fourth-order valence-electron chi connectivity index (χ4n) is 1.13. The maximum Gasteiger partial charge on any atom is 0.148 e. The summed E-state index contributed by atoms with van der Waals surface area (Å²) in [4.78, 5) is 0.850. The molecule has 0 saturated heterocycles. The summed E-state index contributed by atoms with van der Waals surface area (Å²) in [5, 5.41) is 0. The monoisotopic (exact) mass is 261 g/mol. The van der Waals surface area contributed by atoms with Crippen molar-refractivity contribution in [2.24, 2.45) is 0 Å². The zero-order chi connectivity index (χ0) is 12.2. The van der Waals surface area contributed by atoms with Crippen LogP contribution in [0.4, 0.5) is 5.69 Å². The number of benzene rings is 1. The summed E-state index contributed by atoms with van der Waals surface area (Å²) >= 11 is 1.42. The Kier molecular flexibility index (Phi) is 4.49. The van der Waals surface area contributed by atoms with Crippen LogP contribution in [0.3, 0.4) is 0 Å². The van der Waals surface area contributed by atoms with E-state index < -0.39 is 9.84 Å². The van der Waals surface area contributed by atoms with Gasteiger partial charge in [0, 0.05) is 16.9 Å². The molecule has 0 atom stereocenters. The van der Waals surface area contributed by atoms with Crippen molar-refractivity contribution in [3.05, 3.63) is 18.2 Å². The summed E-state index contributed by atoms with van der Waals surface area (Å²) in [6, 6.07) is 5.46. The molecule has 0 spiro atoms. The molecule has 90 valence electrons. The Balaban J connectivity index is 2.68. The normalized spacial score (nSPS) is 11.4. The van der Waals surface area contributed by atoms with Crippen LogP contribution in [0.25, 0.3) is 0 Å². The van der Waals surface area contributed by atoms with E-state index in [4.69, 9.17) is 10.5 Å². The molecule has 1 aromatic carbocycles. The first-order valence-electron chi connectivity index (χ1n) is 4.67. The molecule has 0 aromatic heterocycles. The van der Waals surface area contributed by atoms with Crippen LogP contribution in [0.1, 0.15) is 0 Å². The number of para-hydroxylation sites is 1. The van der Waals surface area contributed by atoms with Gasteiger partial charge in [0.15, 0.2) is 0 Å². The van der Waals surface area contributed by atoms with E-state index in [0.29, 0.717) is 17.2 Å². The molecular weight excluding hydrogens is 246 g/mol. The maximum atomic E-state index is 11.0. The molecule has 6 heteroatoms. The van der Waals surface area contributed by atoms with Crippen LogP contribution in [0.5, 0.6) is 5.75 Å². The van der Waals surface area contributed by atoms with Crippen molar-refractivity contribution in [1.29, 1.82) is 0 Å². The van der Waals surface area contributed by atoms with Gasteiger partial charge in [-0.3, -0.25) is 0 Å². The van der Waals surface area contributed by atoms with E-state index in [9.17, 15) is 8.42 Å². The van der Waals surface area contributed by atoms with Crippen molar-refractivity contribution in [3.8, 4) is 5.75 Å². The molecule has 1 aromatic rings. The highest BCUT2D eigenvalue weighted by Crippen LogP contribution is 2.32. The Labute approximate surface area is 100 Å². The molecule has 0 amide bonds. The lowest BCUT2D eigenvalue weighted by Crippen LogP contribution is -2.05. The van der Waals surface area contributed by atoms with E-state index in [1.165, 1.54) is 18.0 Å². The van der Waals surface area contributed by atoms with E-state index in [1.54, 1.807) is 13.2 Å². The van der Waals surface area contributed by atoms with Gasteiger partial charge in [0.1, 0.15) is 15.6 Å². The van der Waals surface area contributed by atoms with Crippen molar-refractivity contribution in [1.82, 2.24) is 0 Å². The predicted octanol–water partition coefficient (Wildman–Crippen LogP) is 1.41. The fraction of sp³-hybridized carbons (Fsp3) is 0.400. The van der Waals surface area contributed by atoms with Crippen LogP contribution in [0, 0.1) is 0 Å². The Bertz CT molecular complexity index is 457. The number of anilines is 1. The molecule has 1 rings (SSSR count). The summed E-state index contributed by atoms with van der Waals surface area (Å²) in [7, 11) is -1.36. The lowest BCUT2D eigenvalue weighted by atomic mass is 10.3. The van der Waals surface area contributed by atoms with E-state index in [-0.39, 0.29) is 5.75 Å². The second-order valence-electron chi connectivity index (χ2n) is 3.35. The number of hydrogen-bond acceptors (Lipinski definition) is 5. The van der Waals surface area contributed by atoms with Crippen molar-refractivity contribution in [2.45, 2.75) is 4.90 Å². The van der Waals surface area contributed by atoms with Crippen LogP contribution in [-0.4, -0.2) is 33.3 Å². The molecule has 0 unspecified atom stereocenters. The minimum absolute atomic E-state index is 0.147. The second-order valence-corrected chi connectivity index (χ2v) is 6.75. The Hall–Kier alpha value is -0.880. The number of sulfone groups is 1. The van der Waals surface area contributed by atoms with Gasteiger partial charge in [-0.15, -0.1) is 11.8 Å². The van der Waals surface area contributed by atoms with Crippen molar-refractivity contribution < 1.29 is 13.2 Å². The quantitative estimate of drug-likeness (QED) is 0.641. The molecule has 0 bridgehead atoms. The predicted molar refractivity (Wildman–Crippen MR) is 67.8 cm³/mol. The molecule has 0 aliphatic carbocycles. The van der Waals surface area contributed by atoms with Crippen LogP contribution in [0.2, 0.25) is 0 Å². The first-order chi connectivity index (χ1) is 7.44. The summed E-state index contributed by atoms with van der Waals surface area (Å²) < 4.78 is 27.0. The van der Waals surface area contributed by atoms with Gasteiger partial charge in [-0.25, -0.2) is 8.42 Å². The van der Waals surface area contributed by atoms with Gasteiger partial charge in [0.05, 0.1) is 18.6 Å². The number of nitrogens with two attached hydrogens (primary N) is 1. The molecule has 16 heavy (non-hydrogen) atoms. The van der Waals surface area contributed by atoms with Crippen molar-refractivity contribution in [3.63, 3.8) is 0 Å². The van der Waals surface area contributed by atoms with Crippen LogP contribution >= 0.6 is 11.8 Å². The highest BCUT2D eigenvalue weighted by atomic mass is 32.2. The summed E-state index contributed by atoms with van der Waals surface area (Å²) in [5.41, 5.74) is 6.41. The van der Waals surface area contributed by atoms with Gasteiger partial charge in [-0.1, -0.05) is 6.07 Å². The number of rotatable bonds is 5. The van der Waals surface area contributed by atoms with Gasteiger partial charge in [-0.2, -0.15) is 0 Å². The molecule has 0 radical (unpaired) electrons. The highest BCUT2D eigenvalue weighted by Gasteiger charge is 2.07. The molecule has 0 fully saturated rings. The highest BCUT2D eigenvalue weighted by molar-refractivity contribution is 8.00. The van der Waals surface area contributed by atoms with Gasteiger partial charge >= 0.3 is 0 Å². The SMILES string of the molecule is COc1cccc(SCCS(C)(=O)=O)c1N. The number of thioether (sulfide) groups is 1. The third-order valence-electron chi connectivity index (χ3n) is 1.96. The van der Waals surface area contributed by atoms with Crippen LogP contribution < -0.4 is 10.5 Å². The third-order valence-corrected chi connectivity index (χ3v) is 4.24. The minimum Gasteiger partial charge on any atom is -0.495 e. The summed E-state index contributed by atoms with van der Waals surface area (Å²) in [6.45, 7) is 0. The van der Waals surface area contributed by atoms with E-state index in [1.807, 2.05) is 12.1 Å². The van der Waals surface area contributed by atoms with E-state index >= 15 is 0 Å². The second kappa shape index (κ2) is 5.45. The molecule has 0 heterocycles. The molecule has 2 N–H and O–H groups in total. The number of hydrogen-bond donors (Lipinski definition) is 1. The number of ether oxygens (including phenoxy) is 1. The average molecular weight is 261 g/mol. The molecule has 0 saturated carbocycles. The Morgan fingerprint density at radius 3 is 2.69 bits per heavy atom. The maximum absolute atomic E-state index is 11.0. The molecule has 4 nitrogen and oxygen atoms in total. The lowest BCUT2D eigenvalue weighted by molar-refractivity contribution is 0.416. The Morgan fingerprint density at radius 2 is 2.12 bits per heavy atom. The molecule has 0 aliphatic rings. The fourth-order valence-corrected chi connectivity index (χ4v) is 3.33. The largest absolute Gasteiger partial charge is 0.495 e. The standard InChI is InChI=1S/C10H15NO3S2/c1-14-8-4-3-5-9(10(8)11)15-6-7-16(2,12)13/h3-5H,6-7,11H2,1-2H3. The van der Waals surface area contributed by atoms with E-state index in [0.717, 1.165) is 4.90 Å². The zero-order valence-corrected chi connectivity index (χ0v) is 10.9. The number of nitrogen functional groups attached to an aromatic ring is 1. The van der Waals surface area contributed by atoms with Crippen LogP contribution in [-0.2, 0) is 9.84 Å². The van der Waals surface area contributed by atoms with Gasteiger partial charge < -0.3 is 10.5 Å². The van der Waals surface area contributed by atoms with Gasteiger partial charge in [-0.05, 0) is 12.1 Å². The van der Waals surface area contributed by atoms with Gasteiger partial charge in [0.25, 0.3) is 0 Å². The smallest absolute Gasteiger partial charge is 0.148 e. The first kappa shape index (κ1) is 13.2. The Morgan fingerprint density at radius 1 is 1.44 bits per heavy atom. The van der Waals surface area contributed by atoms with Gasteiger partial charge in [0.2, 0.25) is 0 Å². The zero-order valence-electron chi connectivity index (χ0n) is 9.26. The van der Waals surface area contributed by atoms with Crippen LogP contribution in [0.15, 0.2) is 23.1 Å². The number of methoxy groups -OCH3 is 1.